The largest absolute Gasteiger partial charge is 0.455 e. The lowest BCUT2D eigenvalue weighted by Gasteiger charge is -2.26. The van der Waals surface area contributed by atoms with Crippen molar-refractivity contribution in [3.8, 4) is 28.3 Å². The molecule has 0 aliphatic rings. The number of hydrogen-bond donors (Lipinski definition) is 0. The standard InChI is InChI=1S/C43H26N2OS/c44-27-28-9-6-10-30(25-28)31-21-24-40-37(26-31)42-38(16-8-18-41(42)47-40)45(32-11-2-1-3-12-32)33-22-19-29(20-23-33)34-14-7-15-36-35-13-4-5-17-39(35)46-43(34)36/h1-26H. The van der Waals surface area contributed by atoms with Gasteiger partial charge in [-0.15, -0.1) is 11.3 Å². The van der Waals surface area contributed by atoms with E-state index in [4.69, 9.17) is 4.42 Å². The van der Waals surface area contributed by atoms with E-state index in [-0.39, 0.29) is 0 Å². The highest BCUT2D eigenvalue weighted by Gasteiger charge is 2.19. The Morgan fingerprint density at radius 1 is 0.532 bits per heavy atom. The predicted molar refractivity (Wildman–Crippen MR) is 197 cm³/mol. The van der Waals surface area contributed by atoms with Gasteiger partial charge in [-0.2, -0.15) is 5.26 Å². The van der Waals surface area contributed by atoms with Crippen LogP contribution in [0.3, 0.4) is 0 Å². The molecule has 2 heterocycles. The van der Waals surface area contributed by atoms with Gasteiger partial charge >= 0.3 is 0 Å². The van der Waals surface area contributed by atoms with Crippen LogP contribution in [0.2, 0.25) is 0 Å². The van der Waals surface area contributed by atoms with Gasteiger partial charge in [-0.25, -0.2) is 0 Å². The molecule has 0 saturated heterocycles. The van der Waals surface area contributed by atoms with Crippen molar-refractivity contribution in [1.29, 1.82) is 5.26 Å². The maximum absolute atomic E-state index is 9.50. The summed E-state index contributed by atoms with van der Waals surface area (Å²) >= 11 is 1.81. The summed E-state index contributed by atoms with van der Waals surface area (Å²) in [5.41, 5.74) is 10.1. The van der Waals surface area contributed by atoms with Crippen LogP contribution in [0.25, 0.3) is 64.4 Å². The molecule has 0 spiro atoms. The highest BCUT2D eigenvalue weighted by atomic mass is 32.1. The molecule has 0 saturated carbocycles. The van der Waals surface area contributed by atoms with E-state index in [1.165, 1.54) is 20.2 Å². The van der Waals surface area contributed by atoms with Gasteiger partial charge in [0.1, 0.15) is 11.2 Å². The van der Waals surface area contributed by atoms with Crippen molar-refractivity contribution in [3.63, 3.8) is 0 Å². The Balaban J connectivity index is 1.21. The predicted octanol–water partition coefficient (Wildman–Crippen LogP) is 12.6. The average Bonchev–Trinajstić information content (AvgIpc) is 3.71. The fraction of sp³-hybridized carbons (Fsp3) is 0. The van der Waals surface area contributed by atoms with E-state index in [9.17, 15) is 5.26 Å². The first-order chi connectivity index (χ1) is 23.2. The Morgan fingerprint density at radius 3 is 2.13 bits per heavy atom. The number of anilines is 3. The lowest BCUT2D eigenvalue weighted by molar-refractivity contribution is 0.670. The number of benzene rings is 7. The van der Waals surface area contributed by atoms with Crippen molar-refractivity contribution in [3.05, 3.63) is 163 Å². The third-order valence-electron chi connectivity index (χ3n) is 8.89. The van der Waals surface area contributed by atoms with Crippen LogP contribution in [0.4, 0.5) is 17.1 Å². The number of fused-ring (bicyclic) bond motifs is 6. The number of thiophene rings is 1. The molecule has 47 heavy (non-hydrogen) atoms. The molecule has 9 aromatic rings. The minimum Gasteiger partial charge on any atom is -0.455 e. The van der Waals surface area contributed by atoms with Gasteiger partial charge in [0.2, 0.25) is 0 Å². The van der Waals surface area contributed by atoms with E-state index in [0.29, 0.717) is 5.56 Å². The second-order valence-electron chi connectivity index (χ2n) is 11.7. The zero-order chi connectivity index (χ0) is 31.3. The van der Waals surface area contributed by atoms with E-state index in [1.54, 1.807) is 0 Å². The number of furan rings is 1. The summed E-state index contributed by atoms with van der Waals surface area (Å²) in [6, 6.07) is 57.3. The quantitative estimate of drug-likeness (QED) is 0.193. The van der Waals surface area contributed by atoms with Crippen molar-refractivity contribution < 1.29 is 4.42 Å². The maximum Gasteiger partial charge on any atom is 0.143 e. The first kappa shape index (κ1) is 27.2. The second-order valence-corrected chi connectivity index (χ2v) is 12.7. The number of nitrogens with zero attached hydrogens (tertiary/aromatic N) is 2. The SMILES string of the molecule is N#Cc1cccc(-c2ccc3sc4cccc(N(c5ccccc5)c5ccc(-c6cccc7c6oc6ccccc67)cc5)c4c3c2)c1. The molecular formula is C43H26N2OS. The summed E-state index contributed by atoms with van der Waals surface area (Å²) in [4.78, 5) is 2.35. The zero-order valence-electron chi connectivity index (χ0n) is 25.2. The van der Waals surface area contributed by atoms with Crippen LogP contribution in [0.5, 0.6) is 0 Å². The van der Waals surface area contributed by atoms with E-state index in [0.717, 1.165) is 61.3 Å². The molecule has 0 aliphatic carbocycles. The Morgan fingerprint density at radius 2 is 1.26 bits per heavy atom. The van der Waals surface area contributed by atoms with Gasteiger partial charge in [0.05, 0.1) is 17.3 Å². The van der Waals surface area contributed by atoms with E-state index >= 15 is 0 Å². The summed E-state index contributed by atoms with van der Waals surface area (Å²) < 4.78 is 8.83. The monoisotopic (exact) mass is 618 g/mol. The highest BCUT2D eigenvalue weighted by molar-refractivity contribution is 7.26. The first-order valence-corrected chi connectivity index (χ1v) is 16.4. The van der Waals surface area contributed by atoms with Crippen LogP contribution in [0.15, 0.2) is 162 Å². The summed E-state index contributed by atoms with van der Waals surface area (Å²) in [7, 11) is 0. The number of para-hydroxylation sites is 3. The zero-order valence-corrected chi connectivity index (χ0v) is 26.0. The smallest absolute Gasteiger partial charge is 0.143 e. The molecule has 0 aliphatic heterocycles. The molecule has 220 valence electrons. The summed E-state index contributed by atoms with van der Waals surface area (Å²) in [6.45, 7) is 0. The van der Waals surface area contributed by atoms with Crippen LogP contribution in [-0.2, 0) is 0 Å². The molecule has 4 heteroatoms. The van der Waals surface area contributed by atoms with Crippen LogP contribution in [0, 0.1) is 11.3 Å². The average molecular weight is 619 g/mol. The highest BCUT2D eigenvalue weighted by Crippen LogP contribution is 2.46. The molecule has 0 N–H and O–H groups in total. The van der Waals surface area contributed by atoms with Gasteiger partial charge in [0.15, 0.2) is 0 Å². The third kappa shape index (κ3) is 4.56. The van der Waals surface area contributed by atoms with Gasteiger partial charge in [-0.1, -0.05) is 91.0 Å². The Bertz CT molecular complexity index is 2640. The van der Waals surface area contributed by atoms with E-state index < -0.39 is 0 Å². The fourth-order valence-electron chi connectivity index (χ4n) is 6.71. The van der Waals surface area contributed by atoms with Gasteiger partial charge in [-0.05, 0) is 83.4 Å². The normalized spacial score (nSPS) is 11.4. The van der Waals surface area contributed by atoms with E-state index in [2.05, 4.69) is 138 Å². The Labute approximate surface area is 275 Å². The topological polar surface area (TPSA) is 40.2 Å². The molecule has 3 nitrogen and oxygen atoms in total. The van der Waals surface area contributed by atoms with Crippen LogP contribution in [0.1, 0.15) is 5.56 Å². The first-order valence-electron chi connectivity index (χ1n) is 15.6. The lowest BCUT2D eigenvalue weighted by Crippen LogP contribution is -2.10. The molecule has 2 aromatic heterocycles. The summed E-state index contributed by atoms with van der Waals surface area (Å²) in [6.07, 6.45) is 0. The molecule has 0 atom stereocenters. The van der Waals surface area contributed by atoms with Crippen molar-refractivity contribution in [2.24, 2.45) is 0 Å². The molecule has 0 unspecified atom stereocenters. The number of rotatable bonds is 5. The second kappa shape index (κ2) is 11.0. The molecule has 7 aromatic carbocycles. The lowest BCUT2D eigenvalue weighted by atomic mass is 10.00. The minimum absolute atomic E-state index is 0.661. The minimum atomic E-state index is 0.661. The molecule has 0 fully saturated rings. The van der Waals surface area contributed by atoms with Crippen molar-refractivity contribution in [2.45, 2.75) is 0 Å². The van der Waals surface area contributed by atoms with E-state index in [1.807, 2.05) is 41.7 Å². The molecule has 0 radical (unpaired) electrons. The number of hydrogen-bond acceptors (Lipinski definition) is 4. The van der Waals surface area contributed by atoms with Gasteiger partial charge in [0.25, 0.3) is 0 Å². The third-order valence-corrected chi connectivity index (χ3v) is 10.0. The summed E-state index contributed by atoms with van der Waals surface area (Å²) in [5.74, 6) is 0. The molecule has 0 amide bonds. The molecule has 0 bridgehead atoms. The van der Waals surface area contributed by atoms with Crippen molar-refractivity contribution >= 4 is 70.5 Å². The molecule has 9 rings (SSSR count). The maximum atomic E-state index is 9.50. The fourth-order valence-corrected chi connectivity index (χ4v) is 7.82. The van der Waals surface area contributed by atoms with Gasteiger partial charge in [0, 0.05) is 47.9 Å². The van der Waals surface area contributed by atoms with Crippen molar-refractivity contribution in [2.75, 3.05) is 4.90 Å². The van der Waals surface area contributed by atoms with Gasteiger partial charge < -0.3 is 9.32 Å². The van der Waals surface area contributed by atoms with Crippen LogP contribution in [-0.4, -0.2) is 0 Å². The van der Waals surface area contributed by atoms with Crippen molar-refractivity contribution in [1.82, 2.24) is 0 Å². The molecular weight excluding hydrogens is 593 g/mol. The number of nitriles is 1. The summed E-state index contributed by atoms with van der Waals surface area (Å²) in [5, 5.41) is 14.2. The van der Waals surface area contributed by atoms with Gasteiger partial charge in [-0.3, -0.25) is 0 Å². The Kier molecular flexibility index (Phi) is 6.38. The van der Waals surface area contributed by atoms with Crippen LogP contribution >= 0.6 is 11.3 Å². The van der Waals surface area contributed by atoms with Crippen LogP contribution < -0.4 is 4.90 Å². The Hall–Kier alpha value is -6.15.